The maximum absolute atomic E-state index is 12.9. The third-order valence-electron chi connectivity index (χ3n) is 3.86. The Bertz CT molecular complexity index is 823. The summed E-state index contributed by atoms with van der Waals surface area (Å²) in [5, 5.41) is 6.25. The molecule has 0 aliphatic rings. The van der Waals surface area contributed by atoms with E-state index in [0.717, 1.165) is 24.1 Å². The van der Waals surface area contributed by atoms with Crippen molar-refractivity contribution < 1.29 is 9.53 Å². The van der Waals surface area contributed by atoms with E-state index >= 15 is 0 Å². The quantitative estimate of drug-likeness (QED) is 0.588. The Balaban J connectivity index is 1.93. The van der Waals surface area contributed by atoms with Gasteiger partial charge >= 0.3 is 6.01 Å². The molecule has 0 unspecified atom stereocenters. The molecule has 5 nitrogen and oxygen atoms in total. The van der Waals surface area contributed by atoms with Crippen LogP contribution in [0.3, 0.4) is 0 Å². The molecule has 0 amide bonds. The minimum Gasteiger partial charge on any atom is -0.462 e. The molecule has 0 radical (unpaired) electrons. The molecule has 1 aromatic carbocycles. The van der Waals surface area contributed by atoms with E-state index in [-0.39, 0.29) is 11.9 Å². The van der Waals surface area contributed by atoms with E-state index in [1.807, 2.05) is 41.8 Å². The van der Waals surface area contributed by atoms with Crippen molar-refractivity contribution in [1.82, 2.24) is 14.8 Å². The number of ether oxygens (including phenoxy) is 1. The largest absolute Gasteiger partial charge is 0.462 e. The van der Waals surface area contributed by atoms with Gasteiger partial charge in [-0.1, -0.05) is 38.5 Å². The predicted molar refractivity (Wildman–Crippen MR) is 99.3 cm³/mol. The standard InChI is InChI=1S/C19H21N3O2S/c1-3-5-12-24-19-20-17(16-7-6-13-25-16)22(21-19)18(23)15-10-8-14(4-2)9-11-15/h6-11,13H,3-5,12H2,1-2H3. The van der Waals surface area contributed by atoms with Gasteiger partial charge < -0.3 is 4.74 Å². The summed E-state index contributed by atoms with van der Waals surface area (Å²) in [6.45, 7) is 4.73. The third kappa shape index (κ3) is 3.96. The van der Waals surface area contributed by atoms with Crippen LogP contribution in [-0.4, -0.2) is 27.3 Å². The van der Waals surface area contributed by atoms with Crippen LogP contribution in [0, 0.1) is 0 Å². The summed E-state index contributed by atoms with van der Waals surface area (Å²) in [4.78, 5) is 18.2. The number of benzene rings is 1. The Morgan fingerprint density at radius 1 is 1.20 bits per heavy atom. The summed E-state index contributed by atoms with van der Waals surface area (Å²) in [5.41, 5.74) is 1.78. The Kier molecular flexibility index (Phi) is 5.60. The van der Waals surface area contributed by atoms with Crippen LogP contribution in [0.25, 0.3) is 10.7 Å². The van der Waals surface area contributed by atoms with Crippen molar-refractivity contribution in [2.45, 2.75) is 33.1 Å². The van der Waals surface area contributed by atoms with Crippen molar-refractivity contribution in [1.29, 1.82) is 0 Å². The highest BCUT2D eigenvalue weighted by Crippen LogP contribution is 2.25. The molecule has 0 bridgehead atoms. The summed E-state index contributed by atoms with van der Waals surface area (Å²) in [6, 6.07) is 11.7. The van der Waals surface area contributed by atoms with Gasteiger partial charge in [0.1, 0.15) is 0 Å². The van der Waals surface area contributed by atoms with Gasteiger partial charge in [-0.25, -0.2) is 0 Å². The molecule has 2 heterocycles. The summed E-state index contributed by atoms with van der Waals surface area (Å²) >= 11 is 1.52. The lowest BCUT2D eigenvalue weighted by Gasteiger charge is -2.04. The molecule has 0 spiro atoms. The maximum atomic E-state index is 12.9. The molecule has 0 atom stereocenters. The van der Waals surface area contributed by atoms with Crippen LogP contribution in [0.4, 0.5) is 0 Å². The van der Waals surface area contributed by atoms with Gasteiger partial charge in [0.05, 0.1) is 11.5 Å². The van der Waals surface area contributed by atoms with Crippen molar-refractivity contribution in [3.05, 3.63) is 52.9 Å². The lowest BCUT2D eigenvalue weighted by molar-refractivity contribution is 0.0944. The minimum atomic E-state index is -0.205. The van der Waals surface area contributed by atoms with Gasteiger partial charge in [0.25, 0.3) is 5.91 Å². The molecule has 0 N–H and O–H groups in total. The number of carbonyl (C=O) groups is 1. The number of hydrogen-bond donors (Lipinski definition) is 0. The monoisotopic (exact) mass is 355 g/mol. The number of rotatable bonds is 7. The lowest BCUT2D eigenvalue weighted by atomic mass is 10.1. The van der Waals surface area contributed by atoms with Gasteiger partial charge in [-0.3, -0.25) is 4.79 Å². The molecule has 25 heavy (non-hydrogen) atoms. The number of hydrogen-bond acceptors (Lipinski definition) is 5. The summed E-state index contributed by atoms with van der Waals surface area (Å²) in [5.74, 6) is 0.315. The molecule has 6 heteroatoms. The number of nitrogens with zero attached hydrogens (tertiary/aromatic N) is 3. The second-order valence-corrected chi connectivity index (χ2v) is 6.61. The first-order chi connectivity index (χ1) is 12.2. The van der Waals surface area contributed by atoms with Gasteiger partial charge in [0.2, 0.25) is 0 Å². The molecule has 130 valence electrons. The van der Waals surface area contributed by atoms with E-state index in [4.69, 9.17) is 4.74 Å². The SMILES string of the molecule is CCCCOc1nc(-c2cccs2)n(C(=O)c2ccc(CC)cc2)n1. The highest BCUT2D eigenvalue weighted by Gasteiger charge is 2.20. The Hall–Kier alpha value is -2.47. The molecule has 0 saturated heterocycles. The normalized spacial score (nSPS) is 10.8. The van der Waals surface area contributed by atoms with E-state index < -0.39 is 0 Å². The summed E-state index contributed by atoms with van der Waals surface area (Å²) in [7, 11) is 0. The number of thiophene rings is 1. The van der Waals surface area contributed by atoms with E-state index in [2.05, 4.69) is 23.9 Å². The molecule has 2 aromatic heterocycles. The van der Waals surface area contributed by atoms with E-state index in [1.165, 1.54) is 21.6 Å². The Morgan fingerprint density at radius 2 is 2.00 bits per heavy atom. The van der Waals surface area contributed by atoms with Crippen LogP contribution in [0.1, 0.15) is 42.6 Å². The van der Waals surface area contributed by atoms with Gasteiger partial charge in [0.15, 0.2) is 5.82 Å². The minimum absolute atomic E-state index is 0.205. The first kappa shape index (κ1) is 17.4. The third-order valence-corrected chi connectivity index (χ3v) is 4.73. The number of carbonyl (C=O) groups excluding carboxylic acids is 1. The zero-order chi connectivity index (χ0) is 17.6. The highest BCUT2D eigenvalue weighted by atomic mass is 32.1. The van der Waals surface area contributed by atoms with E-state index in [9.17, 15) is 4.79 Å². The van der Waals surface area contributed by atoms with E-state index in [1.54, 1.807) is 0 Å². The van der Waals surface area contributed by atoms with Crippen LogP contribution in [0.2, 0.25) is 0 Å². The maximum Gasteiger partial charge on any atom is 0.336 e. The molecular formula is C19H21N3O2S. The highest BCUT2D eigenvalue weighted by molar-refractivity contribution is 7.13. The molecule has 0 fully saturated rings. The fourth-order valence-corrected chi connectivity index (χ4v) is 3.07. The smallest absolute Gasteiger partial charge is 0.336 e. The van der Waals surface area contributed by atoms with Gasteiger partial charge in [-0.2, -0.15) is 9.67 Å². The fourth-order valence-electron chi connectivity index (χ4n) is 2.37. The average molecular weight is 355 g/mol. The number of aryl methyl sites for hydroxylation is 1. The molecule has 0 aliphatic heterocycles. The van der Waals surface area contributed by atoms with Gasteiger partial charge in [-0.05, 0) is 42.0 Å². The average Bonchev–Trinajstić information content (AvgIpc) is 3.31. The van der Waals surface area contributed by atoms with Crippen molar-refractivity contribution in [3.63, 3.8) is 0 Å². The van der Waals surface area contributed by atoms with Crippen LogP contribution in [0.15, 0.2) is 41.8 Å². The zero-order valence-corrected chi connectivity index (χ0v) is 15.3. The molecule has 3 rings (SSSR count). The number of unbranched alkanes of at least 4 members (excludes halogenated alkanes) is 1. The molecule has 0 aliphatic carbocycles. The molecular weight excluding hydrogens is 334 g/mol. The first-order valence-electron chi connectivity index (χ1n) is 8.50. The zero-order valence-electron chi connectivity index (χ0n) is 14.4. The van der Waals surface area contributed by atoms with Gasteiger partial charge in [-0.15, -0.1) is 16.4 Å². The Morgan fingerprint density at radius 3 is 2.64 bits per heavy atom. The van der Waals surface area contributed by atoms with Crippen molar-refractivity contribution in [3.8, 4) is 16.7 Å². The van der Waals surface area contributed by atoms with Crippen molar-refractivity contribution in [2.75, 3.05) is 6.61 Å². The van der Waals surface area contributed by atoms with Crippen LogP contribution in [-0.2, 0) is 6.42 Å². The second-order valence-electron chi connectivity index (χ2n) is 5.66. The van der Waals surface area contributed by atoms with E-state index in [0.29, 0.717) is 18.0 Å². The van der Waals surface area contributed by atoms with Crippen LogP contribution >= 0.6 is 11.3 Å². The topological polar surface area (TPSA) is 57.0 Å². The summed E-state index contributed by atoms with van der Waals surface area (Å²) in [6.07, 6.45) is 2.89. The Labute approximate surface area is 151 Å². The predicted octanol–water partition coefficient (Wildman–Crippen LogP) is 4.44. The van der Waals surface area contributed by atoms with Crippen LogP contribution < -0.4 is 4.74 Å². The fraction of sp³-hybridized carbons (Fsp3) is 0.316. The van der Waals surface area contributed by atoms with Crippen molar-refractivity contribution in [2.24, 2.45) is 0 Å². The molecule has 0 saturated carbocycles. The summed E-state index contributed by atoms with van der Waals surface area (Å²) < 4.78 is 6.94. The first-order valence-corrected chi connectivity index (χ1v) is 9.38. The van der Waals surface area contributed by atoms with Crippen molar-refractivity contribution >= 4 is 17.2 Å². The number of aromatic nitrogens is 3. The molecule has 3 aromatic rings. The van der Waals surface area contributed by atoms with Gasteiger partial charge in [0, 0.05) is 5.56 Å². The lowest BCUT2D eigenvalue weighted by Crippen LogP contribution is -2.15. The second kappa shape index (κ2) is 8.07. The van der Waals surface area contributed by atoms with Crippen LogP contribution in [0.5, 0.6) is 6.01 Å².